The minimum atomic E-state index is -1.08. The molecule has 0 aliphatic carbocycles. The van der Waals surface area contributed by atoms with Crippen LogP contribution in [0.4, 0.5) is 0 Å². The lowest BCUT2D eigenvalue weighted by molar-refractivity contribution is 0.0693. The smallest absolute Gasteiger partial charge is 0.341 e. The van der Waals surface area contributed by atoms with E-state index in [0.29, 0.717) is 17.2 Å². The highest BCUT2D eigenvalue weighted by atomic mass is 16.5. The summed E-state index contributed by atoms with van der Waals surface area (Å²) < 4.78 is 10.9. The number of pyridine rings is 1. The standard InChI is InChI=1S/C15H15NO4/c1-9-4-5-12(14(6-9)19-3)20-13-7-10(2)16-8-11(13)15(17)18/h4-8H,1-3H3,(H,17,18). The number of aromatic carboxylic acids is 1. The molecule has 104 valence electrons. The molecule has 1 aromatic carbocycles. The molecule has 0 atom stereocenters. The van der Waals surface area contributed by atoms with Crippen LogP contribution in [0, 0.1) is 13.8 Å². The van der Waals surface area contributed by atoms with Gasteiger partial charge in [0, 0.05) is 18.0 Å². The van der Waals surface area contributed by atoms with E-state index >= 15 is 0 Å². The van der Waals surface area contributed by atoms with E-state index < -0.39 is 5.97 Å². The van der Waals surface area contributed by atoms with Crippen LogP contribution in [0.25, 0.3) is 0 Å². The zero-order chi connectivity index (χ0) is 14.7. The Bertz CT molecular complexity index is 652. The van der Waals surface area contributed by atoms with Crippen molar-refractivity contribution in [1.29, 1.82) is 0 Å². The fourth-order valence-corrected chi connectivity index (χ4v) is 1.76. The van der Waals surface area contributed by atoms with Gasteiger partial charge < -0.3 is 14.6 Å². The minimum Gasteiger partial charge on any atom is -0.493 e. The Morgan fingerprint density at radius 1 is 1.15 bits per heavy atom. The number of carboxylic acids is 1. The van der Waals surface area contributed by atoms with Crippen molar-refractivity contribution in [3.8, 4) is 17.2 Å². The Hall–Kier alpha value is -2.56. The fraction of sp³-hybridized carbons (Fsp3) is 0.200. The second-order valence-corrected chi connectivity index (χ2v) is 4.38. The molecule has 1 heterocycles. The molecule has 0 aliphatic heterocycles. The molecule has 0 bridgehead atoms. The summed E-state index contributed by atoms with van der Waals surface area (Å²) in [6.45, 7) is 3.70. The molecule has 0 amide bonds. The first kappa shape index (κ1) is 13.9. The van der Waals surface area contributed by atoms with Gasteiger partial charge >= 0.3 is 5.97 Å². The zero-order valence-electron chi connectivity index (χ0n) is 11.5. The van der Waals surface area contributed by atoms with Gasteiger partial charge in [-0.1, -0.05) is 6.07 Å². The van der Waals surface area contributed by atoms with Gasteiger partial charge in [0.05, 0.1) is 7.11 Å². The van der Waals surface area contributed by atoms with Gasteiger partial charge in [-0.25, -0.2) is 4.79 Å². The molecule has 0 unspecified atom stereocenters. The Kier molecular flexibility index (Phi) is 3.89. The van der Waals surface area contributed by atoms with Gasteiger partial charge in [-0.05, 0) is 31.5 Å². The van der Waals surface area contributed by atoms with Crippen molar-refractivity contribution in [2.24, 2.45) is 0 Å². The summed E-state index contributed by atoms with van der Waals surface area (Å²) in [5, 5.41) is 9.15. The minimum absolute atomic E-state index is 0.0122. The molecular formula is C15H15NO4. The maximum atomic E-state index is 11.2. The summed E-state index contributed by atoms with van der Waals surface area (Å²) >= 11 is 0. The third-order valence-electron chi connectivity index (χ3n) is 2.77. The molecule has 5 heteroatoms. The van der Waals surface area contributed by atoms with Crippen molar-refractivity contribution in [1.82, 2.24) is 4.98 Å². The number of carbonyl (C=O) groups is 1. The summed E-state index contributed by atoms with van der Waals surface area (Å²) in [6.07, 6.45) is 1.29. The van der Waals surface area contributed by atoms with Crippen LogP contribution in [0.15, 0.2) is 30.5 Å². The molecule has 0 saturated heterocycles. The van der Waals surface area contributed by atoms with Gasteiger partial charge in [0.25, 0.3) is 0 Å². The monoisotopic (exact) mass is 273 g/mol. The van der Waals surface area contributed by atoms with E-state index in [-0.39, 0.29) is 11.3 Å². The van der Waals surface area contributed by atoms with E-state index in [1.807, 2.05) is 19.1 Å². The molecule has 20 heavy (non-hydrogen) atoms. The van der Waals surface area contributed by atoms with Gasteiger partial charge in [-0.2, -0.15) is 0 Å². The van der Waals surface area contributed by atoms with Crippen LogP contribution in [0.3, 0.4) is 0 Å². The normalized spacial score (nSPS) is 10.2. The number of aromatic nitrogens is 1. The molecule has 0 radical (unpaired) electrons. The Morgan fingerprint density at radius 2 is 1.90 bits per heavy atom. The van der Waals surface area contributed by atoms with Crippen LogP contribution >= 0.6 is 0 Å². The van der Waals surface area contributed by atoms with E-state index in [1.54, 1.807) is 19.1 Å². The molecule has 2 aromatic rings. The summed E-state index contributed by atoms with van der Waals surface area (Å²) in [7, 11) is 1.54. The van der Waals surface area contributed by atoms with E-state index in [4.69, 9.17) is 14.6 Å². The van der Waals surface area contributed by atoms with Gasteiger partial charge in [0.1, 0.15) is 11.3 Å². The number of aryl methyl sites for hydroxylation is 2. The molecule has 0 fully saturated rings. The first-order valence-corrected chi connectivity index (χ1v) is 6.03. The largest absolute Gasteiger partial charge is 0.493 e. The Morgan fingerprint density at radius 3 is 2.55 bits per heavy atom. The van der Waals surface area contributed by atoms with E-state index in [9.17, 15) is 4.79 Å². The number of hydrogen-bond acceptors (Lipinski definition) is 4. The van der Waals surface area contributed by atoms with Crippen LogP contribution in [-0.2, 0) is 0 Å². The highest BCUT2D eigenvalue weighted by molar-refractivity contribution is 5.90. The highest BCUT2D eigenvalue weighted by Gasteiger charge is 2.15. The average molecular weight is 273 g/mol. The highest BCUT2D eigenvalue weighted by Crippen LogP contribution is 2.33. The van der Waals surface area contributed by atoms with Crippen molar-refractivity contribution in [3.63, 3.8) is 0 Å². The average Bonchev–Trinajstić information content (AvgIpc) is 2.40. The molecule has 0 aliphatic rings. The van der Waals surface area contributed by atoms with Crippen molar-refractivity contribution >= 4 is 5.97 Å². The summed E-state index contributed by atoms with van der Waals surface area (Å²) in [4.78, 5) is 15.1. The first-order chi connectivity index (χ1) is 9.51. The molecular weight excluding hydrogens is 258 g/mol. The van der Waals surface area contributed by atoms with Crippen molar-refractivity contribution in [2.75, 3.05) is 7.11 Å². The molecule has 5 nitrogen and oxygen atoms in total. The number of methoxy groups -OCH3 is 1. The van der Waals surface area contributed by atoms with Gasteiger partial charge in [0.2, 0.25) is 0 Å². The number of ether oxygens (including phenoxy) is 2. The summed E-state index contributed by atoms with van der Waals surface area (Å²) in [6, 6.07) is 7.02. The lowest BCUT2D eigenvalue weighted by atomic mass is 10.2. The van der Waals surface area contributed by atoms with Crippen LogP contribution in [0.5, 0.6) is 17.2 Å². The number of rotatable bonds is 4. The van der Waals surface area contributed by atoms with Crippen LogP contribution < -0.4 is 9.47 Å². The van der Waals surface area contributed by atoms with E-state index in [1.165, 1.54) is 13.3 Å². The topological polar surface area (TPSA) is 68.7 Å². The second kappa shape index (κ2) is 5.61. The summed E-state index contributed by atoms with van der Waals surface area (Å²) in [5.41, 5.74) is 1.72. The number of carboxylic acid groups (broad SMARTS) is 1. The second-order valence-electron chi connectivity index (χ2n) is 4.38. The van der Waals surface area contributed by atoms with Crippen molar-refractivity contribution in [2.45, 2.75) is 13.8 Å². The van der Waals surface area contributed by atoms with Crippen molar-refractivity contribution in [3.05, 3.63) is 47.3 Å². The van der Waals surface area contributed by atoms with Crippen LogP contribution in [0.1, 0.15) is 21.6 Å². The Labute approximate surface area is 116 Å². The third-order valence-corrected chi connectivity index (χ3v) is 2.77. The van der Waals surface area contributed by atoms with E-state index in [0.717, 1.165) is 5.56 Å². The van der Waals surface area contributed by atoms with Gasteiger partial charge in [-0.15, -0.1) is 0 Å². The number of hydrogen-bond donors (Lipinski definition) is 1. The molecule has 1 N–H and O–H groups in total. The number of nitrogens with zero attached hydrogens (tertiary/aromatic N) is 1. The fourth-order valence-electron chi connectivity index (χ4n) is 1.76. The zero-order valence-corrected chi connectivity index (χ0v) is 11.5. The molecule has 0 spiro atoms. The van der Waals surface area contributed by atoms with Crippen molar-refractivity contribution < 1.29 is 19.4 Å². The number of benzene rings is 1. The maximum absolute atomic E-state index is 11.2. The predicted molar refractivity (Wildman–Crippen MR) is 73.7 cm³/mol. The van der Waals surface area contributed by atoms with E-state index in [2.05, 4.69) is 4.98 Å². The quantitative estimate of drug-likeness (QED) is 0.926. The SMILES string of the molecule is COc1cc(C)ccc1Oc1cc(C)ncc1C(=O)O. The molecule has 0 saturated carbocycles. The molecule has 1 aromatic heterocycles. The van der Waals surface area contributed by atoms with Crippen LogP contribution in [0.2, 0.25) is 0 Å². The van der Waals surface area contributed by atoms with Crippen LogP contribution in [-0.4, -0.2) is 23.2 Å². The first-order valence-electron chi connectivity index (χ1n) is 6.03. The van der Waals surface area contributed by atoms with Gasteiger partial charge in [0.15, 0.2) is 11.5 Å². The summed E-state index contributed by atoms with van der Waals surface area (Å²) in [5.74, 6) is 0.174. The Balaban J connectivity index is 2.44. The lowest BCUT2D eigenvalue weighted by Gasteiger charge is -2.12. The third kappa shape index (κ3) is 2.88. The molecule has 2 rings (SSSR count). The predicted octanol–water partition coefficient (Wildman–Crippen LogP) is 3.20. The lowest BCUT2D eigenvalue weighted by Crippen LogP contribution is -2.02. The maximum Gasteiger partial charge on any atom is 0.341 e. The van der Waals surface area contributed by atoms with Gasteiger partial charge in [-0.3, -0.25) is 4.98 Å².